The van der Waals surface area contributed by atoms with Crippen molar-refractivity contribution in [2.45, 2.75) is 0 Å². The molecule has 1 aromatic carbocycles. The van der Waals surface area contributed by atoms with E-state index in [0.717, 1.165) is 0 Å². The van der Waals surface area contributed by atoms with E-state index in [9.17, 15) is 10.1 Å². The zero-order valence-electron chi connectivity index (χ0n) is 8.80. The van der Waals surface area contributed by atoms with E-state index in [-0.39, 0.29) is 21.8 Å². The number of nitrogen functional groups attached to an aromatic ring is 1. The molecule has 1 aromatic heterocycles. The summed E-state index contributed by atoms with van der Waals surface area (Å²) in [6, 6.07) is 5.53. The van der Waals surface area contributed by atoms with Crippen LogP contribution in [0.3, 0.4) is 0 Å². The summed E-state index contributed by atoms with van der Waals surface area (Å²) in [6.07, 6.45) is 0. The Bertz CT molecular complexity index is 613. The highest BCUT2D eigenvalue weighted by molar-refractivity contribution is 6.33. The molecular formula is C10H6Cl2N4O2. The van der Waals surface area contributed by atoms with Gasteiger partial charge in [0.15, 0.2) is 0 Å². The van der Waals surface area contributed by atoms with Crippen LogP contribution in [0.4, 0.5) is 11.6 Å². The van der Waals surface area contributed by atoms with Crippen molar-refractivity contribution in [1.29, 1.82) is 0 Å². The summed E-state index contributed by atoms with van der Waals surface area (Å²) in [6.45, 7) is 0. The van der Waals surface area contributed by atoms with Gasteiger partial charge in [-0.2, -0.15) is 0 Å². The van der Waals surface area contributed by atoms with Gasteiger partial charge < -0.3 is 5.73 Å². The van der Waals surface area contributed by atoms with Crippen molar-refractivity contribution < 1.29 is 4.92 Å². The summed E-state index contributed by atoms with van der Waals surface area (Å²) in [5.74, 6) is 0.00641. The Morgan fingerprint density at radius 1 is 1.22 bits per heavy atom. The quantitative estimate of drug-likeness (QED) is 0.520. The lowest BCUT2D eigenvalue weighted by molar-refractivity contribution is -0.384. The Kier molecular flexibility index (Phi) is 3.31. The third kappa shape index (κ3) is 2.49. The SMILES string of the molecule is Nc1nc(Cl)cc(-c2ccc([N+](=O)[O-])cc2Cl)n1. The molecule has 2 N–H and O–H groups in total. The molecule has 0 spiro atoms. The molecule has 1 heterocycles. The second kappa shape index (κ2) is 4.75. The van der Waals surface area contributed by atoms with Crippen molar-refractivity contribution in [3.63, 3.8) is 0 Å². The molecule has 0 bridgehead atoms. The molecule has 8 heteroatoms. The molecule has 0 amide bonds. The van der Waals surface area contributed by atoms with Gasteiger partial charge in [0.1, 0.15) is 5.15 Å². The second-order valence-electron chi connectivity index (χ2n) is 3.36. The summed E-state index contributed by atoms with van der Waals surface area (Å²) in [7, 11) is 0. The molecule has 0 aliphatic rings. The zero-order chi connectivity index (χ0) is 13.3. The monoisotopic (exact) mass is 284 g/mol. The lowest BCUT2D eigenvalue weighted by Gasteiger charge is -2.04. The van der Waals surface area contributed by atoms with Gasteiger partial charge in [0, 0.05) is 23.8 Å². The van der Waals surface area contributed by atoms with Crippen molar-refractivity contribution in [3.8, 4) is 11.3 Å². The first kappa shape index (κ1) is 12.5. The molecule has 0 fully saturated rings. The van der Waals surface area contributed by atoms with Gasteiger partial charge in [-0.25, -0.2) is 9.97 Å². The minimum atomic E-state index is -0.531. The summed E-state index contributed by atoms with van der Waals surface area (Å²) in [5, 5.41) is 11.0. The van der Waals surface area contributed by atoms with E-state index in [4.69, 9.17) is 28.9 Å². The number of nitrogens with two attached hydrogens (primary N) is 1. The first-order chi connectivity index (χ1) is 8.47. The summed E-state index contributed by atoms with van der Waals surface area (Å²) < 4.78 is 0. The fourth-order valence-electron chi connectivity index (χ4n) is 1.40. The second-order valence-corrected chi connectivity index (χ2v) is 4.15. The molecule has 18 heavy (non-hydrogen) atoms. The van der Waals surface area contributed by atoms with Crippen LogP contribution in [0.5, 0.6) is 0 Å². The number of benzene rings is 1. The van der Waals surface area contributed by atoms with Crippen LogP contribution in [0.2, 0.25) is 10.2 Å². The molecule has 0 unspecified atom stereocenters. The zero-order valence-corrected chi connectivity index (χ0v) is 10.3. The van der Waals surface area contributed by atoms with Crippen LogP contribution in [0.1, 0.15) is 0 Å². The predicted molar refractivity (Wildman–Crippen MR) is 68.6 cm³/mol. The van der Waals surface area contributed by atoms with Gasteiger partial charge >= 0.3 is 0 Å². The average molecular weight is 285 g/mol. The first-order valence-corrected chi connectivity index (χ1v) is 5.47. The number of anilines is 1. The minimum absolute atomic E-state index is 0.00641. The molecular weight excluding hydrogens is 279 g/mol. The molecule has 0 atom stereocenters. The normalized spacial score (nSPS) is 10.3. The number of rotatable bonds is 2. The number of halogens is 2. The van der Waals surface area contributed by atoms with Gasteiger partial charge in [-0.1, -0.05) is 23.2 Å². The number of hydrogen-bond donors (Lipinski definition) is 1. The summed E-state index contributed by atoms with van der Waals surface area (Å²) in [4.78, 5) is 17.7. The number of aromatic nitrogens is 2. The summed E-state index contributed by atoms with van der Waals surface area (Å²) >= 11 is 11.7. The van der Waals surface area contributed by atoms with Crippen molar-refractivity contribution in [2.24, 2.45) is 0 Å². The number of non-ortho nitro benzene ring substituents is 1. The molecule has 0 radical (unpaired) electrons. The van der Waals surface area contributed by atoms with E-state index in [0.29, 0.717) is 11.3 Å². The number of nitro benzene ring substituents is 1. The minimum Gasteiger partial charge on any atom is -0.368 e. The van der Waals surface area contributed by atoms with E-state index >= 15 is 0 Å². The molecule has 0 aliphatic heterocycles. The fraction of sp³-hybridized carbons (Fsp3) is 0. The number of hydrogen-bond acceptors (Lipinski definition) is 5. The Labute approximate surface area is 112 Å². The maximum atomic E-state index is 10.6. The Morgan fingerprint density at radius 3 is 2.50 bits per heavy atom. The van der Waals surface area contributed by atoms with Crippen LogP contribution < -0.4 is 5.73 Å². The Balaban J connectivity index is 2.54. The Hall–Kier alpha value is -1.92. The highest BCUT2D eigenvalue weighted by Gasteiger charge is 2.12. The van der Waals surface area contributed by atoms with E-state index < -0.39 is 4.92 Å². The smallest absolute Gasteiger partial charge is 0.270 e. The lowest BCUT2D eigenvalue weighted by atomic mass is 10.1. The van der Waals surface area contributed by atoms with Crippen LogP contribution >= 0.6 is 23.2 Å². The maximum absolute atomic E-state index is 10.6. The van der Waals surface area contributed by atoms with Gasteiger partial charge in [-0.3, -0.25) is 10.1 Å². The van der Waals surface area contributed by atoms with Gasteiger partial charge in [-0.15, -0.1) is 0 Å². The fourth-order valence-corrected chi connectivity index (χ4v) is 1.86. The molecule has 2 rings (SSSR count). The van der Waals surface area contributed by atoms with Crippen LogP contribution in [-0.2, 0) is 0 Å². The third-order valence-electron chi connectivity index (χ3n) is 2.15. The first-order valence-electron chi connectivity index (χ1n) is 4.72. The highest BCUT2D eigenvalue weighted by atomic mass is 35.5. The topological polar surface area (TPSA) is 94.9 Å². The molecule has 2 aromatic rings. The van der Waals surface area contributed by atoms with Gasteiger partial charge in [0.25, 0.3) is 5.69 Å². The van der Waals surface area contributed by atoms with E-state index in [1.165, 1.54) is 24.3 Å². The number of nitro groups is 1. The lowest BCUT2D eigenvalue weighted by Crippen LogP contribution is -1.97. The van der Waals surface area contributed by atoms with Gasteiger partial charge in [-0.05, 0) is 6.07 Å². The number of nitrogens with zero attached hydrogens (tertiary/aromatic N) is 3. The van der Waals surface area contributed by atoms with E-state index in [2.05, 4.69) is 9.97 Å². The molecule has 0 saturated carbocycles. The maximum Gasteiger partial charge on any atom is 0.270 e. The third-order valence-corrected chi connectivity index (χ3v) is 2.66. The largest absolute Gasteiger partial charge is 0.368 e. The average Bonchev–Trinajstić information content (AvgIpc) is 2.27. The van der Waals surface area contributed by atoms with Crippen LogP contribution in [0.25, 0.3) is 11.3 Å². The van der Waals surface area contributed by atoms with Crippen LogP contribution in [0.15, 0.2) is 24.3 Å². The van der Waals surface area contributed by atoms with Gasteiger partial charge in [0.05, 0.1) is 15.6 Å². The van der Waals surface area contributed by atoms with Crippen LogP contribution in [0, 0.1) is 10.1 Å². The summed E-state index contributed by atoms with van der Waals surface area (Å²) in [5.41, 5.74) is 6.27. The molecule has 92 valence electrons. The predicted octanol–water partition coefficient (Wildman–Crippen LogP) is 2.94. The van der Waals surface area contributed by atoms with Crippen molar-refractivity contribution >= 4 is 34.8 Å². The van der Waals surface area contributed by atoms with Crippen molar-refractivity contribution in [2.75, 3.05) is 5.73 Å². The van der Waals surface area contributed by atoms with E-state index in [1.54, 1.807) is 0 Å². The highest BCUT2D eigenvalue weighted by Crippen LogP contribution is 2.31. The van der Waals surface area contributed by atoms with Crippen LogP contribution in [-0.4, -0.2) is 14.9 Å². The van der Waals surface area contributed by atoms with Crippen molar-refractivity contribution in [1.82, 2.24) is 9.97 Å². The molecule has 0 aliphatic carbocycles. The Morgan fingerprint density at radius 2 is 1.94 bits per heavy atom. The van der Waals surface area contributed by atoms with E-state index in [1.807, 2.05) is 0 Å². The molecule has 6 nitrogen and oxygen atoms in total. The standard InChI is InChI=1S/C10H6Cl2N4O2/c11-7-3-5(16(17)18)1-2-6(7)8-4-9(12)15-10(13)14-8/h1-4H,(H2,13,14,15). The molecule has 0 saturated heterocycles. The van der Waals surface area contributed by atoms with Gasteiger partial charge in [0.2, 0.25) is 5.95 Å². The van der Waals surface area contributed by atoms with Crippen molar-refractivity contribution in [3.05, 3.63) is 44.6 Å².